The summed E-state index contributed by atoms with van der Waals surface area (Å²) in [6, 6.07) is 7.79. The second-order valence-electron chi connectivity index (χ2n) is 5.77. The molecule has 3 rings (SSSR count). The number of ether oxygens (including phenoxy) is 1. The molecule has 0 saturated heterocycles. The summed E-state index contributed by atoms with van der Waals surface area (Å²) in [5, 5.41) is 0. The van der Waals surface area contributed by atoms with Crippen LogP contribution in [-0.2, 0) is 11.2 Å². The van der Waals surface area contributed by atoms with Gasteiger partial charge in [-0.2, -0.15) is 0 Å². The number of carbonyl (C=O) groups excluding carboxylic acids is 1. The maximum atomic E-state index is 11.7. The van der Waals surface area contributed by atoms with E-state index in [4.69, 9.17) is 9.72 Å². The van der Waals surface area contributed by atoms with E-state index in [1.54, 1.807) is 0 Å². The third kappa shape index (κ3) is 2.56. The molecule has 0 amide bonds. The average molecular weight is 311 g/mol. The van der Waals surface area contributed by atoms with Crippen LogP contribution in [0.3, 0.4) is 0 Å². The van der Waals surface area contributed by atoms with Crippen LogP contribution >= 0.6 is 0 Å². The van der Waals surface area contributed by atoms with E-state index < -0.39 is 0 Å². The zero-order chi connectivity index (χ0) is 16.6. The van der Waals surface area contributed by atoms with Crippen LogP contribution in [0.15, 0.2) is 24.3 Å². The van der Waals surface area contributed by atoms with Gasteiger partial charge in [0.1, 0.15) is 0 Å². The van der Waals surface area contributed by atoms with Gasteiger partial charge in [0.2, 0.25) is 11.7 Å². The highest BCUT2D eigenvalue weighted by atomic mass is 16.5. The Morgan fingerprint density at radius 1 is 1.26 bits per heavy atom. The summed E-state index contributed by atoms with van der Waals surface area (Å²) in [5.41, 5.74) is 3.69. The van der Waals surface area contributed by atoms with E-state index in [0.29, 0.717) is 11.7 Å². The second kappa shape index (κ2) is 5.99. The number of imidazole rings is 1. The number of carbonyl (C=O) groups is 1. The Bertz CT molecular complexity index is 883. The number of rotatable bonds is 4. The Morgan fingerprint density at radius 2 is 2.00 bits per heavy atom. The third-order valence-corrected chi connectivity index (χ3v) is 4.21. The molecule has 5 heteroatoms. The third-order valence-electron chi connectivity index (χ3n) is 4.21. The first-order chi connectivity index (χ1) is 11.1. The summed E-state index contributed by atoms with van der Waals surface area (Å²) in [5.74, 6) is 1.08. The fourth-order valence-electron chi connectivity index (χ4n) is 2.88. The lowest BCUT2D eigenvalue weighted by Gasteiger charge is -2.17. The van der Waals surface area contributed by atoms with Gasteiger partial charge in [-0.05, 0) is 30.9 Å². The van der Waals surface area contributed by atoms with Crippen LogP contribution in [-0.4, -0.2) is 20.3 Å². The maximum absolute atomic E-state index is 11.7. The quantitative estimate of drug-likeness (QED) is 0.686. The van der Waals surface area contributed by atoms with E-state index in [0.717, 1.165) is 35.1 Å². The molecule has 2 aromatic heterocycles. The number of para-hydroxylation sites is 2. The van der Waals surface area contributed by atoms with Gasteiger partial charge in [0, 0.05) is 12.5 Å². The number of fused-ring (bicyclic) bond motifs is 3. The van der Waals surface area contributed by atoms with Crippen molar-refractivity contribution in [3.05, 3.63) is 35.5 Å². The SMILES string of the molecule is CCc1c(C(C)CC)nc2nc3ccccc3n2c1OC(C)=O. The minimum absolute atomic E-state index is 0.282. The van der Waals surface area contributed by atoms with Crippen molar-refractivity contribution in [1.29, 1.82) is 0 Å². The predicted molar refractivity (Wildman–Crippen MR) is 89.9 cm³/mol. The monoisotopic (exact) mass is 311 g/mol. The molecule has 2 heterocycles. The van der Waals surface area contributed by atoms with Crippen LogP contribution in [0, 0.1) is 0 Å². The molecule has 1 atom stereocenters. The highest BCUT2D eigenvalue weighted by molar-refractivity contribution is 5.81. The normalized spacial score (nSPS) is 12.7. The molecule has 0 aliphatic carbocycles. The molecule has 0 bridgehead atoms. The number of hydrogen-bond acceptors (Lipinski definition) is 4. The predicted octanol–water partition coefficient (Wildman–Crippen LogP) is 3.88. The second-order valence-corrected chi connectivity index (χ2v) is 5.77. The first-order valence-corrected chi connectivity index (χ1v) is 8.05. The Morgan fingerprint density at radius 3 is 2.65 bits per heavy atom. The molecule has 0 aliphatic heterocycles. The van der Waals surface area contributed by atoms with Gasteiger partial charge < -0.3 is 4.74 Å². The standard InChI is InChI=1S/C18H21N3O2/c1-5-11(3)16-13(6-2)17(23-12(4)22)21-15-10-8-7-9-14(15)19-18(21)20-16/h7-11H,5-6H2,1-4H3. The van der Waals surface area contributed by atoms with Crippen molar-refractivity contribution in [2.75, 3.05) is 0 Å². The zero-order valence-electron chi connectivity index (χ0n) is 14.0. The molecule has 5 nitrogen and oxygen atoms in total. The number of benzene rings is 1. The minimum atomic E-state index is -0.333. The summed E-state index contributed by atoms with van der Waals surface area (Å²) in [6.45, 7) is 7.75. The van der Waals surface area contributed by atoms with Gasteiger partial charge >= 0.3 is 5.97 Å². The first-order valence-electron chi connectivity index (χ1n) is 8.05. The molecule has 0 spiro atoms. The molecule has 0 radical (unpaired) electrons. The molecule has 3 aromatic rings. The van der Waals surface area contributed by atoms with Gasteiger partial charge in [0.15, 0.2) is 0 Å². The summed E-state index contributed by atoms with van der Waals surface area (Å²) in [6.07, 6.45) is 1.72. The van der Waals surface area contributed by atoms with Gasteiger partial charge in [-0.25, -0.2) is 14.4 Å². The van der Waals surface area contributed by atoms with Crippen LogP contribution < -0.4 is 4.74 Å². The maximum Gasteiger partial charge on any atom is 0.309 e. The molecular formula is C18H21N3O2. The van der Waals surface area contributed by atoms with Gasteiger partial charge in [-0.15, -0.1) is 0 Å². The number of aromatic nitrogens is 3. The lowest BCUT2D eigenvalue weighted by molar-refractivity contribution is -0.132. The lowest BCUT2D eigenvalue weighted by atomic mass is 9.99. The van der Waals surface area contributed by atoms with Crippen molar-refractivity contribution in [2.24, 2.45) is 0 Å². The number of nitrogens with zero attached hydrogens (tertiary/aromatic N) is 3. The van der Waals surface area contributed by atoms with Crippen LogP contribution in [0.5, 0.6) is 5.88 Å². The van der Waals surface area contributed by atoms with Crippen LogP contribution in [0.4, 0.5) is 0 Å². The van der Waals surface area contributed by atoms with E-state index in [2.05, 4.69) is 25.8 Å². The molecule has 23 heavy (non-hydrogen) atoms. The fraction of sp³-hybridized carbons (Fsp3) is 0.389. The van der Waals surface area contributed by atoms with Crippen molar-refractivity contribution in [2.45, 2.75) is 46.5 Å². The average Bonchev–Trinajstić information content (AvgIpc) is 2.91. The largest absolute Gasteiger partial charge is 0.409 e. The highest BCUT2D eigenvalue weighted by Crippen LogP contribution is 2.32. The molecule has 0 aliphatic rings. The topological polar surface area (TPSA) is 56.5 Å². The summed E-state index contributed by atoms with van der Waals surface area (Å²) < 4.78 is 7.44. The van der Waals surface area contributed by atoms with Crippen molar-refractivity contribution in [3.8, 4) is 5.88 Å². The summed E-state index contributed by atoms with van der Waals surface area (Å²) >= 11 is 0. The molecule has 1 aromatic carbocycles. The van der Waals surface area contributed by atoms with Crippen LogP contribution in [0.2, 0.25) is 0 Å². The Labute approximate surface area is 135 Å². The molecule has 0 fully saturated rings. The molecule has 0 saturated carbocycles. The van der Waals surface area contributed by atoms with Gasteiger partial charge in [-0.3, -0.25) is 4.79 Å². The zero-order valence-corrected chi connectivity index (χ0v) is 14.0. The fourth-order valence-corrected chi connectivity index (χ4v) is 2.88. The van der Waals surface area contributed by atoms with E-state index in [1.807, 2.05) is 28.7 Å². The Hall–Kier alpha value is -2.43. The van der Waals surface area contributed by atoms with E-state index in [1.165, 1.54) is 6.92 Å². The molecule has 0 N–H and O–H groups in total. The van der Waals surface area contributed by atoms with E-state index in [9.17, 15) is 4.79 Å². The minimum Gasteiger partial charge on any atom is -0.409 e. The van der Waals surface area contributed by atoms with Gasteiger partial charge in [0.05, 0.1) is 16.7 Å². The lowest BCUT2D eigenvalue weighted by Crippen LogP contribution is -2.13. The molecule has 120 valence electrons. The van der Waals surface area contributed by atoms with Gasteiger partial charge in [-0.1, -0.05) is 32.9 Å². The van der Waals surface area contributed by atoms with Crippen molar-refractivity contribution in [3.63, 3.8) is 0 Å². The van der Waals surface area contributed by atoms with E-state index in [-0.39, 0.29) is 11.9 Å². The first kappa shape index (κ1) is 15.5. The Balaban J connectivity index is 2.44. The van der Waals surface area contributed by atoms with Crippen LogP contribution in [0.1, 0.15) is 51.3 Å². The van der Waals surface area contributed by atoms with Gasteiger partial charge in [0.25, 0.3) is 0 Å². The molecular weight excluding hydrogens is 290 g/mol. The molecule has 1 unspecified atom stereocenters. The summed E-state index contributed by atoms with van der Waals surface area (Å²) in [7, 11) is 0. The number of esters is 1. The summed E-state index contributed by atoms with van der Waals surface area (Å²) in [4.78, 5) is 21.0. The van der Waals surface area contributed by atoms with E-state index >= 15 is 0 Å². The Kier molecular flexibility index (Phi) is 4.03. The number of hydrogen-bond donors (Lipinski definition) is 0. The van der Waals surface area contributed by atoms with Crippen molar-refractivity contribution >= 4 is 22.8 Å². The smallest absolute Gasteiger partial charge is 0.309 e. The highest BCUT2D eigenvalue weighted by Gasteiger charge is 2.22. The van der Waals surface area contributed by atoms with Crippen molar-refractivity contribution in [1.82, 2.24) is 14.4 Å². The van der Waals surface area contributed by atoms with Crippen molar-refractivity contribution < 1.29 is 9.53 Å². The van der Waals surface area contributed by atoms with Crippen LogP contribution in [0.25, 0.3) is 16.8 Å².